The number of hydrogen-bond acceptors (Lipinski definition) is 5. The van der Waals surface area contributed by atoms with Crippen LogP contribution in [0.1, 0.15) is 32.5 Å². The van der Waals surface area contributed by atoms with Gasteiger partial charge in [-0.15, -0.1) is 11.8 Å². The summed E-state index contributed by atoms with van der Waals surface area (Å²) in [4.78, 5) is 8.93. The van der Waals surface area contributed by atoms with E-state index in [2.05, 4.69) is 29.1 Å². The summed E-state index contributed by atoms with van der Waals surface area (Å²) in [6.45, 7) is 6.41. The fourth-order valence-corrected chi connectivity index (χ4v) is 2.10. The topological polar surface area (TPSA) is 58.0 Å². The number of thioether (sulfide) groups is 1. The first-order valence-corrected chi connectivity index (χ1v) is 6.85. The number of anilines is 1. The Balaban J connectivity index is 2.80. The molecule has 1 aromatic rings. The van der Waals surface area contributed by atoms with E-state index in [0.29, 0.717) is 5.92 Å². The fourth-order valence-electron chi connectivity index (χ4n) is 1.18. The number of nitrogens with zero attached hydrogens (tertiary/aromatic N) is 2. The molecule has 0 aromatic carbocycles. The first-order chi connectivity index (χ1) is 8.06. The van der Waals surface area contributed by atoms with Crippen LogP contribution in [-0.2, 0) is 0 Å². The fraction of sp³-hybridized carbons (Fsp3) is 0.667. The Bertz CT molecular complexity index is 358. The van der Waals surface area contributed by atoms with Crippen LogP contribution in [0, 0.1) is 5.92 Å². The molecule has 0 aliphatic carbocycles. The van der Waals surface area contributed by atoms with Crippen LogP contribution >= 0.6 is 11.8 Å². The Labute approximate surface area is 107 Å². The highest BCUT2D eigenvalue weighted by Gasteiger charge is 2.09. The lowest BCUT2D eigenvalue weighted by Gasteiger charge is -2.11. The molecule has 0 aliphatic rings. The minimum Gasteiger partial charge on any atom is -0.396 e. The molecule has 0 radical (unpaired) electrons. The van der Waals surface area contributed by atoms with Crippen LogP contribution in [0.3, 0.4) is 0 Å². The molecule has 2 N–H and O–H groups in total. The number of aliphatic hydroxyl groups excluding tert-OH is 1. The maximum absolute atomic E-state index is 9.00. The van der Waals surface area contributed by atoms with E-state index >= 15 is 0 Å². The van der Waals surface area contributed by atoms with Gasteiger partial charge in [0.1, 0.15) is 16.7 Å². The van der Waals surface area contributed by atoms with E-state index in [0.717, 1.165) is 22.4 Å². The van der Waals surface area contributed by atoms with Gasteiger partial charge >= 0.3 is 0 Å². The van der Waals surface area contributed by atoms with Crippen LogP contribution in [0.25, 0.3) is 0 Å². The van der Waals surface area contributed by atoms with E-state index in [4.69, 9.17) is 5.11 Å². The van der Waals surface area contributed by atoms with Crippen LogP contribution < -0.4 is 5.32 Å². The van der Waals surface area contributed by atoms with E-state index in [9.17, 15) is 0 Å². The summed E-state index contributed by atoms with van der Waals surface area (Å²) in [5.74, 6) is 3.18. The molecule has 0 spiro atoms. The Morgan fingerprint density at radius 3 is 2.59 bits per heavy atom. The summed E-state index contributed by atoms with van der Waals surface area (Å²) in [7, 11) is 1.86. The predicted octanol–water partition coefficient (Wildman–Crippen LogP) is 2.36. The first-order valence-electron chi connectivity index (χ1n) is 5.87. The molecule has 1 rings (SSSR count). The van der Waals surface area contributed by atoms with E-state index < -0.39 is 0 Å². The lowest BCUT2D eigenvalue weighted by atomic mass is 10.2. The molecule has 1 unspecified atom stereocenters. The third-order valence-corrected chi connectivity index (χ3v) is 3.56. The van der Waals surface area contributed by atoms with Crippen molar-refractivity contribution >= 4 is 17.6 Å². The largest absolute Gasteiger partial charge is 0.396 e. The van der Waals surface area contributed by atoms with Gasteiger partial charge in [-0.1, -0.05) is 20.8 Å². The minimum absolute atomic E-state index is 0.216. The zero-order valence-electron chi connectivity index (χ0n) is 10.9. The molecule has 1 aromatic heterocycles. The van der Waals surface area contributed by atoms with Crippen molar-refractivity contribution in [1.82, 2.24) is 9.97 Å². The Morgan fingerprint density at radius 2 is 2.06 bits per heavy atom. The van der Waals surface area contributed by atoms with Gasteiger partial charge in [-0.2, -0.15) is 0 Å². The maximum atomic E-state index is 9.00. The van der Waals surface area contributed by atoms with Gasteiger partial charge in [0.25, 0.3) is 0 Å². The molecule has 0 amide bonds. The number of hydrogen-bond donors (Lipinski definition) is 2. The SMILES string of the molecule is CNc1cc(SCC(C)CO)nc(C(C)C)n1. The molecule has 0 aliphatic heterocycles. The highest BCUT2D eigenvalue weighted by molar-refractivity contribution is 7.99. The summed E-state index contributed by atoms with van der Waals surface area (Å²) in [5, 5.41) is 13.0. The quantitative estimate of drug-likeness (QED) is 0.603. The van der Waals surface area contributed by atoms with Gasteiger partial charge in [0, 0.05) is 31.4 Å². The van der Waals surface area contributed by atoms with Crippen molar-refractivity contribution in [2.75, 3.05) is 24.7 Å². The van der Waals surface area contributed by atoms with E-state index in [1.807, 2.05) is 20.0 Å². The van der Waals surface area contributed by atoms with Crippen LogP contribution in [0.5, 0.6) is 0 Å². The summed E-state index contributed by atoms with van der Waals surface area (Å²) in [6, 6.07) is 1.95. The Morgan fingerprint density at radius 1 is 1.35 bits per heavy atom. The first kappa shape index (κ1) is 14.3. The second-order valence-electron chi connectivity index (χ2n) is 4.45. The maximum Gasteiger partial charge on any atom is 0.134 e. The van der Waals surface area contributed by atoms with Gasteiger partial charge in [0.2, 0.25) is 0 Å². The van der Waals surface area contributed by atoms with E-state index in [1.54, 1.807) is 11.8 Å². The van der Waals surface area contributed by atoms with Crippen LogP contribution in [0.4, 0.5) is 5.82 Å². The summed E-state index contributed by atoms with van der Waals surface area (Å²) in [5.41, 5.74) is 0. The van der Waals surface area contributed by atoms with Gasteiger partial charge in [-0.25, -0.2) is 9.97 Å². The highest BCUT2D eigenvalue weighted by Crippen LogP contribution is 2.23. The molecule has 1 heterocycles. The number of rotatable bonds is 6. The average molecular weight is 255 g/mol. The molecule has 17 heavy (non-hydrogen) atoms. The van der Waals surface area contributed by atoms with Crippen molar-refractivity contribution in [3.05, 3.63) is 11.9 Å². The highest BCUT2D eigenvalue weighted by atomic mass is 32.2. The van der Waals surface area contributed by atoms with Crippen molar-refractivity contribution in [1.29, 1.82) is 0 Å². The molecular weight excluding hydrogens is 234 g/mol. The van der Waals surface area contributed by atoms with Gasteiger partial charge < -0.3 is 10.4 Å². The summed E-state index contributed by atoms with van der Waals surface area (Å²) in [6.07, 6.45) is 0. The molecule has 1 atom stereocenters. The van der Waals surface area contributed by atoms with Crippen LogP contribution in [0.2, 0.25) is 0 Å². The van der Waals surface area contributed by atoms with Gasteiger partial charge in [0.15, 0.2) is 0 Å². The molecular formula is C12H21N3OS. The lowest BCUT2D eigenvalue weighted by Crippen LogP contribution is -2.06. The van der Waals surface area contributed by atoms with Gasteiger partial charge in [0.05, 0.1) is 0 Å². The third-order valence-electron chi connectivity index (χ3n) is 2.32. The van der Waals surface area contributed by atoms with Crippen molar-refractivity contribution in [2.24, 2.45) is 5.92 Å². The van der Waals surface area contributed by atoms with Crippen molar-refractivity contribution < 1.29 is 5.11 Å². The lowest BCUT2D eigenvalue weighted by molar-refractivity contribution is 0.250. The van der Waals surface area contributed by atoms with Gasteiger partial charge in [-0.3, -0.25) is 0 Å². The van der Waals surface area contributed by atoms with E-state index in [1.165, 1.54) is 0 Å². The number of nitrogens with one attached hydrogen (secondary N) is 1. The molecule has 5 heteroatoms. The minimum atomic E-state index is 0.216. The van der Waals surface area contributed by atoms with Gasteiger partial charge in [-0.05, 0) is 5.92 Å². The predicted molar refractivity (Wildman–Crippen MR) is 72.6 cm³/mol. The zero-order chi connectivity index (χ0) is 12.8. The molecule has 0 saturated heterocycles. The molecule has 0 fully saturated rings. The smallest absolute Gasteiger partial charge is 0.134 e. The Hall–Kier alpha value is -0.810. The molecule has 4 nitrogen and oxygen atoms in total. The third kappa shape index (κ3) is 4.52. The zero-order valence-corrected chi connectivity index (χ0v) is 11.7. The average Bonchev–Trinajstić information content (AvgIpc) is 2.35. The Kier molecular flexibility index (Phi) is 5.71. The normalized spacial score (nSPS) is 12.8. The second-order valence-corrected chi connectivity index (χ2v) is 5.49. The number of aliphatic hydroxyl groups is 1. The standard InChI is InChI=1S/C12H21N3OS/c1-8(2)12-14-10(13-4)5-11(15-12)17-7-9(3)6-16/h5,8-9,16H,6-7H2,1-4H3,(H,13,14,15). The summed E-state index contributed by atoms with van der Waals surface area (Å²) < 4.78 is 0. The van der Waals surface area contributed by atoms with E-state index in [-0.39, 0.29) is 12.5 Å². The summed E-state index contributed by atoms with van der Waals surface area (Å²) >= 11 is 1.66. The molecule has 0 saturated carbocycles. The monoisotopic (exact) mass is 255 g/mol. The van der Waals surface area contributed by atoms with Crippen LogP contribution in [0.15, 0.2) is 11.1 Å². The van der Waals surface area contributed by atoms with Crippen molar-refractivity contribution in [2.45, 2.75) is 31.7 Å². The van der Waals surface area contributed by atoms with Crippen molar-refractivity contribution in [3.8, 4) is 0 Å². The van der Waals surface area contributed by atoms with Crippen LogP contribution in [-0.4, -0.2) is 34.5 Å². The van der Waals surface area contributed by atoms with Crippen molar-refractivity contribution in [3.63, 3.8) is 0 Å². The number of aromatic nitrogens is 2. The second kappa shape index (κ2) is 6.81. The molecule has 96 valence electrons. The molecule has 0 bridgehead atoms.